The average Bonchev–Trinajstić information content (AvgIpc) is 2.68. The summed E-state index contributed by atoms with van der Waals surface area (Å²) in [5, 5.41) is 2.74. The summed E-state index contributed by atoms with van der Waals surface area (Å²) in [6.45, 7) is -0.543. The van der Waals surface area contributed by atoms with E-state index >= 15 is 0 Å². The molecule has 0 spiro atoms. The molecule has 0 bridgehead atoms. The van der Waals surface area contributed by atoms with Crippen LogP contribution in [-0.2, 0) is 17.5 Å². The van der Waals surface area contributed by atoms with Gasteiger partial charge in [0.25, 0.3) is 5.56 Å². The molecule has 144 valence electrons. The molecular formula is C20H16F3N3O2. The molecule has 0 fully saturated rings. The van der Waals surface area contributed by atoms with Crippen LogP contribution in [0.4, 0.5) is 13.2 Å². The molecule has 1 unspecified atom stereocenters. The standard InChI is InChI=1S/C20H16F3N3O2/c21-20(22,23)15-9-10-18(28)26(12-15)13-17(27)25-19(14-6-2-1-3-7-14)16-8-4-5-11-24-16/h1-12,19H,13H2,(H,25,27). The predicted molar refractivity (Wildman–Crippen MR) is 96.4 cm³/mol. The molecule has 1 N–H and O–H groups in total. The van der Waals surface area contributed by atoms with Crippen LogP contribution in [0.25, 0.3) is 0 Å². The van der Waals surface area contributed by atoms with Crippen LogP contribution in [0.15, 0.2) is 77.9 Å². The summed E-state index contributed by atoms with van der Waals surface area (Å²) in [7, 11) is 0. The third kappa shape index (κ3) is 4.64. The smallest absolute Gasteiger partial charge is 0.342 e. The summed E-state index contributed by atoms with van der Waals surface area (Å²) in [6, 6.07) is 15.1. The molecule has 5 nitrogen and oxygen atoms in total. The SMILES string of the molecule is O=C(Cn1cc(C(F)(F)F)ccc1=O)NC(c1ccccc1)c1ccccn1. The molecule has 1 aromatic carbocycles. The van der Waals surface area contributed by atoms with Crippen LogP contribution in [-0.4, -0.2) is 15.5 Å². The second kappa shape index (κ2) is 8.08. The van der Waals surface area contributed by atoms with Gasteiger partial charge in [-0.05, 0) is 23.8 Å². The fourth-order valence-electron chi connectivity index (χ4n) is 2.70. The zero-order valence-electron chi connectivity index (χ0n) is 14.6. The van der Waals surface area contributed by atoms with Gasteiger partial charge in [0, 0.05) is 18.5 Å². The number of rotatable bonds is 5. The quantitative estimate of drug-likeness (QED) is 0.732. The number of alkyl halides is 3. The Morgan fingerprint density at radius 1 is 1.04 bits per heavy atom. The van der Waals surface area contributed by atoms with E-state index in [2.05, 4.69) is 10.3 Å². The highest BCUT2D eigenvalue weighted by Crippen LogP contribution is 2.28. The number of hydrogen-bond acceptors (Lipinski definition) is 3. The number of aromatic nitrogens is 2. The number of amides is 1. The molecule has 0 radical (unpaired) electrons. The van der Waals surface area contributed by atoms with Gasteiger partial charge in [-0.1, -0.05) is 36.4 Å². The summed E-state index contributed by atoms with van der Waals surface area (Å²) < 4.78 is 39.3. The Morgan fingerprint density at radius 2 is 1.75 bits per heavy atom. The van der Waals surface area contributed by atoms with Crippen molar-refractivity contribution < 1.29 is 18.0 Å². The number of carbonyl (C=O) groups is 1. The molecule has 0 aliphatic rings. The summed E-state index contributed by atoms with van der Waals surface area (Å²) in [5.74, 6) is -0.610. The number of pyridine rings is 2. The van der Waals surface area contributed by atoms with E-state index in [9.17, 15) is 22.8 Å². The highest BCUT2D eigenvalue weighted by molar-refractivity contribution is 5.76. The van der Waals surface area contributed by atoms with E-state index < -0.39 is 35.8 Å². The zero-order valence-corrected chi connectivity index (χ0v) is 14.6. The lowest BCUT2D eigenvalue weighted by molar-refractivity contribution is -0.138. The van der Waals surface area contributed by atoms with Gasteiger partial charge in [0.05, 0.1) is 17.3 Å². The molecule has 2 heterocycles. The van der Waals surface area contributed by atoms with Gasteiger partial charge in [-0.15, -0.1) is 0 Å². The molecule has 8 heteroatoms. The number of hydrogen-bond donors (Lipinski definition) is 1. The normalized spacial score (nSPS) is 12.4. The molecule has 0 aliphatic heterocycles. The van der Waals surface area contributed by atoms with Crippen LogP contribution in [0, 0.1) is 0 Å². The van der Waals surface area contributed by atoms with Crippen molar-refractivity contribution in [3.63, 3.8) is 0 Å². The second-order valence-corrected chi connectivity index (χ2v) is 6.05. The first kappa shape index (κ1) is 19.3. The third-order valence-corrected chi connectivity index (χ3v) is 4.05. The van der Waals surface area contributed by atoms with E-state index in [1.807, 2.05) is 6.07 Å². The maximum atomic E-state index is 12.9. The van der Waals surface area contributed by atoms with Gasteiger partial charge in [0.1, 0.15) is 6.54 Å². The van der Waals surface area contributed by atoms with Gasteiger partial charge >= 0.3 is 6.18 Å². The van der Waals surface area contributed by atoms with E-state index in [0.29, 0.717) is 18.0 Å². The highest BCUT2D eigenvalue weighted by Gasteiger charge is 2.31. The van der Waals surface area contributed by atoms with Crippen LogP contribution in [0.2, 0.25) is 0 Å². The second-order valence-electron chi connectivity index (χ2n) is 6.05. The van der Waals surface area contributed by atoms with E-state index in [-0.39, 0.29) is 0 Å². The van der Waals surface area contributed by atoms with Gasteiger partial charge in [-0.3, -0.25) is 14.6 Å². The van der Waals surface area contributed by atoms with Crippen molar-refractivity contribution in [1.82, 2.24) is 14.9 Å². The van der Waals surface area contributed by atoms with Crippen molar-refractivity contribution >= 4 is 5.91 Å². The Labute approximate surface area is 158 Å². The fourth-order valence-corrected chi connectivity index (χ4v) is 2.70. The first-order chi connectivity index (χ1) is 13.3. The number of carbonyl (C=O) groups excluding carboxylic acids is 1. The highest BCUT2D eigenvalue weighted by atomic mass is 19.4. The van der Waals surface area contributed by atoms with E-state index in [1.165, 1.54) is 0 Å². The lowest BCUT2D eigenvalue weighted by Crippen LogP contribution is -2.35. The van der Waals surface area contributed by atoms with Gasteiger partial charge in [0.15, 0.2) is 0 Å². The van der Waals surface area contributed by atoms with Crippen molar-refractivity contribution in [3.05, 3.63) is 100 Å². The lowest BCUT2D eigenvalue weighted by Gasteiger charge is -2.19. The average molecular weight is 387 g/mol. The van der Waals surface area contributed by atoms with Crippen LogP contribution < -0.4 is 10.9 Å². The van der Waals surface area contributed by atoms with Crippen molar-refractivity contribution in [2.24, 2.45) is 0 Å². The van der Waals surface area contributed by atoms with Crippen molar-refractivity contribution in [2.45, 2.75) is 18.8 Å². The maximum absolute atomic E-state index is 12.9. The summed E-state index contributed by atoms with van der Waals surface area (Å²) >= 11 is 0. The largest absolute Gasteiger partial charge is 0.417 e. The first-order valence-corrected chi connectivity index (χ1v) is 8.37. The Bertz CT molecular complexity index is 963. The van der Waals surface area contributed by atoms with E-state index in [4.69, 9.17) is 0 Å². The minimum atomic E-state index is -4.60. The Kier molecular flexibility index (Phi) is 5.58. The summed E-state index contributed by atoms with van der Waals surface area (Å²) in [6.07, 6.45) is -2.39. The van der Waals surface area contributed by atoms with Crippen molar-refractivity contribution in [3.8, 4) is 0 Å². The van der Waals surface area contributed by atoms with Crippen LogP contribution in [0.1, 0.15) is 22.9 Å². The predicted octanol–water partition coefficient (Wildman–Crippen LogP) is 3.17. The molecule has 3 rings (SSSR count). The third-order valence-electron chi connectivity index (χ3n) is 4.05. The molecule has 1 amide bonds. The number of nitrogens with one attached hydrogen (secondary N) is 1. The Morgan fingerprint density at radius 3 is 2.39 bits per heavy atom. The number of benzene rings is 1. The molecule has 0 saturated carbocycles. The monoisotopic (exact) mass is 387 g/mol. The summed E-state index contributed by atoms with van der Waals surface area (Å²) in [4.78, 5) is 28.6. The molecule has 2 aromatic heterocycles. The molecular weight excluding hydrogens is 371 g/mol. The Hall–Kier alpha value is -3.42. The van der Waals surface area contributed by atoms with E-state index in [1.54, 1.807) is 48.7 Å². The molecule has 0 aliphatic carbocycles. The zero-order chi connectivity index (χ0) is 20.1. The van der Waals surface area contributed by atoms with Crippen LogP contribution in [0.5, 0.6) is 0 Å². The molecule has 0 saturated heterocycles. The minimum absolute atomic E-state index is 0.543. The van der Waals surface area contributed by atoms with E-state index in [0.717, 1.165) is 16.2 Å². The Balaban J connectivity index is 1.85. The minimum Gasteiger partial charge on any atom is -0.342 e. The first-order valence-electron chi connectivity index (χ1n) is 8.37. The van der Waals surface area contributed by atoms with Gasteiger partial charge in [0.2, 0.25) is 5.91 Å². The number of nitrogens with zero attached hydrogens (tertiary/aromatic N) is 2. The molecule has 3 aromatic rings. The fraction of sp³-hybridized carbons (Fsp3) is 0.150. The van der Waals surface area contributed by atoms with Gasteiger partial charge in [-0.25, -0.2) is 0 Å². The van der Waals surface area contributed by atoms with Crippen LogP contribution >= 0.6 is 0 Å². The lowest BCUT2D eigenvalue weighted by atomic mass is 10.0. The van der Waals surface area contributed by atoms with Crippen LogP contribution in [0.3, 0.4) is 0 Å². The molecule has 28 heavy (non-hydrogen) atoms. The number of halogens is 3. The van der Waals surface area contributed by atoms with Gasteiger partial charge < -0.3 is 9.88 Å². The van der Waals surface area contributed by atoms with Crippen molar-refractivity contribution in [2.75, 3.05) is 0 Å². The van der Waals surface area contributed by atoms with Crippen molar-refractivity contribution in [1.29, 1.82) is 0 Å². The van der Waals surface area contributed by atoms with Gasteiger partial charge in [-0.2, -0.15) is 13.2 Å². The topological polar surface area (TPSA) is 64.0 Å². The maximum Gasteiger partial charge on any atom is 0.417 e. The summed E-state index contributed by atoms with van der Waals surface area (Å²) in [5.41, 5.74) is -0.370. The molecule has 1 atom stereocenters.